The lowest BCUT2D eigenvalue weighted by Crippen LogP contribution is -2.29. The van der Waals surface area contributed by atoms with Gasteiger partial charge in [0, 0.05) is 24.2 Å². The summed E-state index contributed by atoms with van der Waals surface area (Å²) in [5.74, 6) is 0.240. The summed E-state index contributed by atoms with van der Waals surface area (Å²) in [5, 5.41) is 10.2. The smallest absolute Gasteiger partial charge is 0.267 e. The lowest BCUT2D eigenvalue weighted by molar-refractivity contribution is -0.117. The molecule has 1 aromatic carbocycles. The van der Waals surface area contributed by atoms with E-state index in [9.17, 15) is 9.59 Å². The molecule has 0 aliphatic carbocycles. The highest BCUT2D eigenvalue weighted by Crippen LogP contribution is 2.25. The molecule has 4 aromatic rings. The minimum atomic E-state index is -0.304. The minimum Gasteiger partial charge on any atom is -0.347 e. The van der Waals surface area contributed by atoms with E-state index in [4.69, 9.17) is 0 Å². The molecule has 0 bridgehead atoms. The maximum Gasteiger partial charge on any atom is 0.267 e. The molecule has 0 unspecified atom stereocenters. The van der Waals surface area contributed by atoms with E-state index >= 15 is 0 Å². The third-order valence-electron chi connectivity index (χ3n) is 4.58. The Morgan fingerprint density at radius 1 is 1.14 bits per heavy atom. The fourth-order valence-corrected chi connectivity index (χ4v) is 4.02. The van der Waals surface area contributed by atoms with Crippen LogP contribution in [0.2, 0.25) is 0 Å². The summed E-state index contributed by atoms with van der Waals surface area (Å²) in [6.07, 6.45) is 2.04. The van der Waals surface area contributed by atoms with E-state index in [1.807, 2.05) is 48.0 Å². The Balaban J connectivity index is 1.56. The van der Waals surface area contributed by atoms with Crippen LogP contribution in [0.3, 0.4) is 0 Å². The van der Waals surface area contributed by atoms with Gasteiger partial charge in [-0.3, -0.25) is 9.59 Å². The maximum absolute atomic E-state index is 12.6. The number of hydrogen-bond donors (Lipinski definition) is 1. The van der Waals surface area contributed by atoms with E-state index in [0.29, 0.717) is 11.6 Å². The summed E-state index contributed by atoms with van der Waals surface area (Å²) in [6.45, 7) is 5.12. The molecule has 0 aliphatic heterocycles. The summed E-state index contributed by atoms with van der Waals surface area (Å²) in [4.78, 5) is 25.8. The quantitative estimate of drug-likeness (QED) is 0.521. The molecule has 1 amide bonds. The van der Waals surface area contributed by atoms with Crippen LogP contribution in [0.15, 0.2) is 64.9 Å². The van der Waals surface area contributed by atoms with Crippen molar-refractivity contribution >= 4 is 33.8 Å². The van der Waals surface area contributed by atoms with E-state index in [1.54, 1.807) is 6.07 Å². The minimum absolute atomic E-state index is 0.138. The molecule has 0 saturated heterocycles. The van der Waals surface area contributed by atoms with Crippen molar-refractivity contribution in [3.05, 3.63) is 70.5 Å². The van der Waals surface area contributed by atoms with Crippen LogP contribution < -0.4 is 10.9 Å². The number of benzene rings is 1. The average Bonchev–Trinajstić information content (AvgIpc) is 3.34. The molecule has 0 aliphatic rings. The molecule has 0 spiro atoms. The van der Waals surface area contributed by atoms with Crippen molar-refractivity contribution in [1.82, 2.24) is 14.3 Å². The summed E-state index contributed by atoms with van der Waals surface area (Å²) >= 11 is 1.54. The molecular weight excluding hydrogens is 384 g/mol. The van der Waals surface area contributed by atoms with Crippen molar-refractivity contribution in [3.8, 4) is 10.6 Å². The van der Waals surface area contributed by atoms with Gasteiger partial charge in [-0.1, -0.05) is 26.0 Å². The number of hydrogen-bond acceptors (Lipinski definition) is 4. The fourth-order valence-electron chi connectivity index (χ4n) is 3.33. The zero-order valence-corrected chi connectivity index (χ0v) is 17.1. The largest absolute Gasteiger partial charge is 0.347 e. The molecule has 0 atom stereocenters. The van der Waals surface area contributed by atoms with Crippen molar-refractivity contribution < 1.29 is 4.79 Å². The zero-order valence-electron chi connectivity index (χ0n) is 16.3. The number of anilines is 1. The molecule has 1 N–H and O–H groups in total. The van der Waals surface area contributed by atoms with Gasteiger partial charge in [-0.2, -0.15) is 5.10 Å². The van der Waals surface area contributed by atoms with Crippen molar-refractivity contribution in [2.75, 3.05) is 5.32 Å². The average molecular weight is 407 g/mol. The van der Waals surface area contributed by atoms with E-state index in [1.165, 1.54) is 22.1 Å². The monoisotopic (exact) mass is 406 g/mol. The van der Waals surface area contributed by atoms with Gasteiger partial charge in [0.1, 0.15) is 12.2 Å². The zero-order chi connectivity index (χ0) is 20.4. The number of aromatic nitrogens is 3. The van der Waals surface area contributed by atoms with Crippen molar-refractivity contribution in [1.29, 1.82) is 0 Å². The number of amides is 1. The number of rotatable bonds is 6. The number of nitrogens with zero attached hydrogens (tertiary/aromatic N) is 3. The summed E-state index contributed by atoms with van der Waals surface area (Å²) in [6, 6.07) is 14.8. The van der Waals surface area contributed by atoms with Crippen LogP contribution in [-0.4, -0.2) is 20.3 Å². The highest BCUT2D eigenvalue weighted by atomic mass is 32.1. The number of fused-ring (bicyclic) bond motifs is 1. The van der Waals surface area contributed by atoms with Gasteiger partial charge in [-0.15, -0.1) is 11.3 Å². The van der Waals surface area contributed by atoms with Crippen molar-refractivity contribution in [2.45, 2.75) is 26.9 Å². The van der Waals surface area contributed by atoms with E-state index in [-0.39, 0.29) is 18.0 Å². The molecule has 0 fully saturated rings. The summed E-state index contributed by atoms with van der Waals surface area (Å²) < 4.78 is 3.39. The summed E-state index contributed by atoms with van der Waals surface area (Å²) in [7, 11) is 0. The molecule has 29 heavy (non-hydrogen) atoms. The van der Waals surface area contributed by atoms with Crippen LogP contribution in [0.5, 0.6) is 0 Å². The first kappa shape index (κ1) is 19.1. The topological polar surface area (TPSA) is 68.9 Å². The van der Waals surface area contributed by atoms with Crippen molar-refractivity contribution in [3.63, 3.8) is 0 Å². The van der Waals surface area contributed by atoms with Gasteiger partial charge in [0.15, 0.2) is 0 Å². The maximum atomic E-state index is 12.6. The van der Waals surface area contributed by atoms with Gasteiger partial charge in [0.25, 0.3) is 5.56 Å². The molecular formula is C22H22N4O2S. The Kier molecular flexibility index (Phi) is 5.31. The lowest BCUT2D eigenvalue weighted by atomic mass is 10.2. The predicted molar refractivity (Wildman–Crippen MR) is 117 cm³/mol. The van der Waals surface area contributed by atoms with Crippen molar-refractivity contribution in [2.24, 2.45) is 5.92 Å². The van der Waals surface area contributed by atoms with Crippen LogP contribution in [0.4, 0.5) is 5.69 Å². The first-order chi connectivity index (χ1) is 14.0. The molecule has 148 valence electrons. The number of nitrogens with one attached hydrogen (secondary N) is 1. The SMILES string of the molecule is CC(C)Cn1ccc2c(NC(=O)Cn3nc(-c4cccs4)ccc3=O)cccc21. The second-order valence-electron chi connectivity index (χ2n) is 7.34. The fraction of sp³-hybridized carbons (Fsp3) is 0.227. The number of thiophene rings is 1. The van der Waals surface area contributed by atoms with Crippen LogP contribution >= 0.6 is 11.3 Å². The van der Waals surface area contributed by atoms with Gasteiger partial charge in [-0.05, 0) is 41.6 Å². The van der Waals surface area contributed by atoms with Crippen LogP contribution in [0, 0.1) is 5.92 Å². The molecule has 0 saturated carbocycles. The Bertz CT molecular complexity index is 1210. The Morgan fingerprint density at radius 3 is 2.76 bits per heavy atom. The van der Waals surface area contributed by atoms with E-state index < -0.39 is 0 Å². The molecule has 3 heterocycles. The highest BCUT2D eigenvalue weighted by molar-refractivity contribution is 7.13. The van der Waals surface area contributed by atoms with E-state index in [0.717, 1.165) is 28.0 Å². The molecule has 7 heteroatoms. The molecule has 6 nitrogen and oxygen atoms in total. The molecule has 4 rings (SSSR count). The van der Waals surface area contributed by atoms with Crippen LogP contribution in [0.25, 0.3) is 21.5 Å². The Morgan fingerprint density at radius 2 is 2.00 bits per heavy atom. The van der Waals surface area contributed by atoms with Crippen LogP contribution in [0.1, 0.15) is 13.8 Å². The summed E-state index contributed by atoms with van der Waals surface area (Å²) in [5.41, 5.74) is 2.19. The Hall–Kier alpha value is -3.19. The second-order valence-corrected chi connectivity index (χ2v) is 8.29. The van der Waals surface area contributed by atoms with Gasteiger partial charge in [0.2, 0.25) is 5.91 Å². The highest BCUT2D eigenvalue weighted by Gasteiger charge is 2.12. The second kappa shape index (κ2) is 8.05. The predicted octanol–water partition coefficient (Wildman–Crippen LogP) is 4.22. The first-order valence-corrected chi connectivity index (χ1v) is 10.4. The third kappa shape index (κ3) is 4.14. The normalized spacial score (nSPS) is 11.3. The van der Waals surface area contributed by atoms with Gasteiger partial charge in [-0.25, -0.2) is 4.68 Å². The third-order valence-corrected chi connectivity index (χ3v) is 5.48. The lowest BCUT2D eigenvalue weighted by Gasteiger charge is -2.11. The van der Waals surface area contributed by atoms with Crippen LogP contribution in [-0.2, 0) is 17.9 Å². The Labute approximate surface area is 172 Å². The van der Waals surface area contributed by atoms with Gasteiger partial charge < -0.3 is 9.88 Å². The molecule has 0 radical (unpaired) electrons. The first-order valence-electron chi connectivity index (χ1n) is 9.51. The molecule has 3 aromatic heterocycles. The standard InChI is InChI=1S/C22H22N4O2S/c1-15(2)13-25-11-10-16-17(5-3-6-19(16)25)23-21(27)14-26-22(28)9-8-18(24-26)20-7-4-12-29-20/h3-12,15H,13-14H2,1-2H3,(H,23,27). The van der Waals surface area contributed by atoms with Gasteiger partial charge in [0.05, 0.1) is 16.1 Å². The van der Waals surface area contributed by atoms with E-state index in [2.05, 4.69) is 28.8 Å². The number of carbonyl (C=O) groups is 1. The number of carbonyl (C=O) groups excluding carboxylic acids is 1. The van der Waals surface area contributed by atoms with Gasteiger partial charge >= 0.3 is 0 Å².